The summed E-state index contributed by atoms with van der Waals surface area (Å²) in [5, 5.41) is 0. The van der Waals surface area contributed by atoms with E-state index in [0.717, 1.165) is 0 Å². The number of hydrogen-bond donors (Lipinski definition) is 0. The summed E-state index contributed by atoms with van der Waals surface area (Å²) in [7, 11) is 0. The van der Waals surface area contributed by atoms with Gasteiger partial charge >= 0.3 is 6.36 Å². The minimum absolute atomic E-state index is 0.0503. The highest BCUT2D eigenvalue weighted by Crippen LogP contribution is 2.32. The number of alkyl halides is 3. The number of hydrogen-bond acceptors (Lipinski definition) is 2. The summed E-state index contributed by atoms with van der Waals surface area (Å²) in [5.74, 6) is 0.194. The zero-order chi connectivity index (χ0) is 12.3. The molecule has 16 heavy (non-hydrogen) atoms. The molecule has 0 amide bonds. The molecule has 0 atom stereocenters. The fourth-order valence-electron chi connectivity index (χ4n) is 1.03. The lowest BCUT2D eigenvalue weighted by atomic mass is 10.3. The van der Waals surface area contributed by atoms with Crippen LogP contribution in [0.4, 0.5) is 13.2 Å². The lowest BCUT2D eigenvalue weighted by Crippen LogP contribution is -2.17. The van der Waals surface area contributed by atoms with Gasteiger partial charge in [-0.15, -0.1) is 13.2 Å². The van der Waals surface area contributed by atoms with Crippen LogP contribution in [-0.2, 0) is 0 Å². The Morgan fingerprint density at radius 2 is 1.88 bits per heavy atom. The van der Waals surface area contributed by atoms with Crippen LogP contribution in [0.1, 0.15) is 13.8 Å². The number of ether oxygens (including phenoxy) is 2. The second kappa shape index (κ2) is 4.95. The Morgan fingerprint density at radius 3 is 2.31 bits per heavy atom. The van der Waals surface area contributed by atoms with Gasteiger partial charge in [0.25, 0.3) is 0 Å². The van der Waals surface area contributed by atoms with E-state index in [1.54, 1.807) is 0 Å². The van der Waals surface area contributed by atoms with Crippen molar-refractivity contribution in [2.24, 2.45) is 0 Å². The van der Waals surface area contributed by atoms with Gasteiger partial charge in [-0.2, -0.15) is 0 Å². The van der Waals surface area contributed by atoms with Gasteiger partial charge in [-0.1, -0.05) is 0 Å². The molecular formula is C10H10BrF3O2. The number of rotatable bonds is 3. The Bertz CT molecular complexity index is 364. The summed E-state index contributed by atoms with van der Waals surface area (Å²) < 4.78 is 45.3. The van der Waals surface area contributed by atoms with E-state index in [1.807, 2.05) is 13.8 Å². The number of benzene rings is 1. The molecule has 0 saturated heterocycles. The third kappa shape index (κ3) is 4.30. The third-order valence-electron chi connectivity index (χ3n) is 1.50. The zero-order valence-corrected chi connectivity index (χ0v) is 10.2. The first-order valence-electron chi connectivity index (χ1n) is 4.50. The first-order valence-corrected chi connectivity index (χ1v) is 5.29. The van der Waals surface area contributed by atoms with E-state index in [4.69, 9.17) is 4.74 Å². The summed E-state index contributed by atoms with van der Waals surface area (Å²) in [6.45, 7) is 3.65. The Hall–Kier alpha value is -0.910. The van der Waals surface area contributed by atoms with Crippen LogP contribution in [0.2, 0.25) is 0 Å². The molecule has 6 heteroatoms. The molecule has 1 aromatic carbocycles. The maximum Gasteiger partial charge on any atom is 0.573 e. The highest BCUT2D eigenvalue weighted by molar-refractivity contribution is 9.10. The van der Waals surface area contributed by atoms with Gasteiger partial charge in [0.1, 0.15) is 11.5 Å². The highest BCUT2D eigenvalue weighted by atomic mass is 79.9. The first kappa shape index (κ1) is 13.2. The van der Waals surface area contributed by atoms with Gasteiger partial charge in [0.2, 0.25) is 0 Å². The van der Waals surface area contributed by atoms with E-state index < -0.39 is 6.36 Å². The van der Waals surface area contributed by atoms with Crippen molar-refractivity contribution in [2.75, 3.05) is 0 Å². The molecule has 0 aliphatic heterocycles. The number of halogens is 4. The molecular weight excluding hydrogens is 289 g/mol. The monoisotopic (exact) mass is 298 g/mol. The van der Waals surface area contributed by atoms with Crippen molar-refractivity contribution in [3.8, 4) is 11.5 Å². The van der Waals surface area contributed by atoms with Gasteiger partial charge in [0.05, 0.1) is 10.6 Å². The van der Waals surface area contributed by atoms with E-state index in [1.165, 1.54) is 18.2 Å². The van der Waals surface area contributed by atoms with E-state index in [2.05, 4.69) is 20.7 Å². The van der Waals surface area contributed by atoms with Crippen molar-refractivity contribution in [1.29, 1.82) is 0 Å². The SMILES string of the molecule is CC(C)Oc1ccc(OC(F)(F)F)cc1Br. The quantitative estimate of drug-likeness (QED) is 0.835. The maximum atomic E-state index is 11.9. The topological polar surface area (TPSA) is 18.5 Å². The van der Waals surface area contributed by atoms with E-state index in [-0.39, 0.29) is 11.9 Å². The largest absolute Gasteiger partial charge is 0.573 e. The Morgan fingerprint density at radius 1 is 1.25 bits per heavy atom. The van der Waals surface area contributed by atoms with Gasteiger partial charge in [-0.25, -0.2) is 0 Å². The molecule has 90 valence electrons. The van der Waals surface area contributed by atoms with Gasteiger partial charge in [0, 0.05) is 0 Å². The predicted octanol–water partition coefficient (Wildman–Crippen LogP) is 4.13. The zero-order valence-electron chi connectivity index (χ0n) is 8.64. The van der Waals surface area contributed by atoms with Crippen LogP contribution in [0.5, 0.6) is 11.5 Å². The first-order chi connectivity index (χ1) is 7.28. The predicted molar refractivity (Wildman–Crippen MR) is 56.6 cm³/mol. The summed E-state index contributed by atoms with van der Waals surface area (Å²) in [5.41, 5.74) is 0. The molecule has 1 aromatic rings. The second-order valence-corrected chi connectivity index (χ2v) is 4.16. The van der Waals surface area contributed by atoms with Crippen molar-refractivity contribution < 1.29 is 22.6 Å². The summed E-state index contributed by atoms with van der Waals surface area (Å²) in [6.07, 6.45) is -4.73. The minimum Gasteiger partial charge on any atom is -0.490 e. The Balaban J connectivity index is 2.83. The van der Waals surface area contributed by atoms with Crippen molar-refractivity contribution in [1.82, 2.24) is 0 Å². The van der Waals surface area contributed by atoms with Gasteiger partial charge in [0.15, 0.2) is 0 Å². The maximum absolute atomic E-state index is 11.9. The standard InChI is InChI=1S/C10H10BrF3O2/c1-6(2)15-9-4-3-7(5-8(9)11)16-10(12,13)14/h3-6H,1-2H3. The van der Waals surface area contributed by atoms with Crippen molar-refractivity contribution >= 4 is 15.9 Å². The Labute approximate surface area is 99.5 Å². The Kier molecular flexibility index (Phi) is 4.07. The van der Waals surface area contributed by atoms with Crippen LogP contribution in [0, 0.1) is 0 Å². The fourth-order valence-corrected chi connectivity index (χ4v) is 1.48. The smallest absolute Gasteiger partial charge is 0.490 e. The molecule has 0 unspecified atom stereocenters. The molecule has 0 aromatic heterocycles. The van der Waals surface area contributed by atoms with E-state index in [0.29, 0.717) is 10.2 Å². The van der Waals surface area contributed by atoms with Crippen LogP contribution < -0.4 is 9.47 Å². The molecule has 0 bridgehead atoms. The van der Waals surface area contributed by atoms with Gasteiger partial charge < -0.3 is 9.47 Å². The minimum atomic E-state index is -4.68. The molecule has 0 aliphatic rings. The molecule has 0 N–H and O–H groups in total. The van der Waals surface area contributed by atoms with E-state index >= 15 is 0 Å². The lowest BCUT2D eigenvalue weighted by Gasteiger charge is -2.13. The van der Waals surface area contributed by atoms with E-state index in [9.17, 15) is 13.2 Å². The molecule has 0 heterocycles. The third-order valence-corrected chi connectivity index (χ3v) is 2.12. The summed E-state index contributed by atoms with van der Waals surface area (Å²) in [4.78, 5) is 0. The van der Waals surface area contributed by atoms with Crippen molar-refractivity contribution in [2.45, 2.75) is 26.3 Å². The summed E-state index contributed by atoms with van der Waals surface area (Å²) in [6, 6.07) is 3.84. The molecule has 1 rings (SSSR count). The average molecular weight is 299 g/mol. The molecule has 0 fully saturated rings. The second-order valence-electron chi connectivity index (χ2n) is 3.31. The van der Waals surface area contributed by atoms with Crippen molar-refractivity contribution in [3.05, 3.63) is 22.7 Å². The summed E-state index contributed by atoms with van der Waals surface area (Å²) >= 11 is 3.11. The fraction of sp³-hybridized carbons (Fsp3) is 0.400. The van der Waals surface area contributed by atoms with Crippen LogP contribution in [-0.4, -0.2) is 12.5 Å². The molecule has 2 nitrogen and oxygen atoms in total. The van der Waals surface area contributed by atoms with Crippen LogP contribution in [0.15, 0.2) is 22.7 Å². The molecule has 0 aliphatic carbocycles. The molecule has 0 radical (unpaired) electrons. The van der Waals surface area contributed by atoms with Crippen LogP contribution >= 0.6 is 15.9 Å². The highest BCUT2D eigenvalue weighted by Gasteiger charge is 2.31. The average Bonchev–Trinajstić information content (AvgIpc) is 2.06. The molecule has 0 saturated carbocycles. The molecule has 0 spiro atoms. The van der Waals surface area contributed by atoms with Crippen molar-refractivity contribution in [3.63, 3.8) is 0 Å². The van der Waals surface area contributed by atoms with Crippen LogP contribution in [0.25, 0.3) is 0 Å². The van der Waals surface area contributed by atoms with Gasteiger partial charge in [-0.3, -0.25) is 0 Å². The lowest BCUT2D eigenvalue weighted by molar-refractivity contribution is -0.274. The normalized spacial score (nSPS) is 11.7. The van der Waals surface area contributed by atoms with Gasteiger partial charge in [-0.05, 0) is 48.0 Å². The van der Waals surface area contributed by atoms with Crippen LogP contribution in [0.3, 0.4) is 0 Å².